The Labute approximate surface area is 488 Å². The van der Waals surface area contributed by atoms with Crippen LogP contribution in [0.5, 0.6) is 0 Å². The zero-order chi connectivity index (χ0) is 56.3. The maximum atomic E-state index is 13.3. The van der Waals surface area contributed by atoms with Crippen LogP contribution < -0.4 is 22.0 Å². The van der Waals surface area contributed by atoms with Crippen molar-refractivity contribution in [3.8, 4) is 0 Å². The molecule has 4 aromatic heterocycles. The molecule has 4 aromatic carbocycles. The molecule has 15 nitrogen and oxygen atoms in total. The van der Waals surface area contributed by atoms with Gasteiger partial charge in [-0.1, -0.05) is 93.1 Å². The lowest BCUT2D eigenvalue weighted by atomic mass is 9.78. The number of halogens is 5. The zero-order valence-electron chi connectivity index (χ0n) is 44.3. The number of nitrogens with one attached hydrogen (secondary N) is 1. The Hall–Kier alpha value is -6.34. The molecule has 0 radical (unpaired) electrons. The number of aromatic carboxylic acids is 1. The first-order valence-electron chi connectivity index (χ1n) is 25.3. The minimum Gasteiger partial charge on any atom is -0.478 e. The summed E-state index contributed by atoms with van der Waals surface area (Å²) in [5, 5.41) is 42.9. The molecular weight excluding hydrogens is 1120 g/mol. The van der Waals surface area contributed by atoms with Gasteiger partial charge in [0.05, 0.1) is 44.8 Å². The Morgan fingerprint density at radius 3 is 1.49 bits per heavy atom. The molecule has 22 heteroatoms. The molecule has 0 fully saturated rings. The molecule has 80 heavy (non-hydrogen) atoms. The van der Waals surface area contributed by atoms with Crippen molar-refractivity contribution in [1.82, 2.24) is 14.1 Å². The van der Waals surface area contributed by atoms with E-state index in [1.165, 1.54) is 0 Å². The SMILES string of the molecule is CC1(C)OB(O)c2ccc(CN)cc21.CC1(C)OB(O)c2ccc(CNC(=O)c3ccc(C4=NOC(C)(c5cc(Cl)cc(Cl)c5)C4)n4cccc34)cc21.CC1(c2cc(Cl)cc(Cl)c2)CC(c2ccc(C(=O)O)c3cccn23)=NO1.Cl. The summed E-state index contributed by atoms with van der Waals surface area (Å²) in [7, 11) is -1.73. The van der Waals surface area contributed by atoms with Crippen molar-refractivity contribution in [2.24, 2.45) is 16.0 Å². The molecular formula is C58H55B2Cl5N6O9. The fourth-order valence-corrected chi connectivity index (χ4v) is 11.6. The van der Waals surface area contributed by atoms with E-state index in [2.05, 4.69) is 15.6 Å². The van der Waals surface area contributed by atoms with Gasteiger partial charge in [-0.25, -0.2) is 4.79 Å². The normalized spacial score (nSPS) is 19.1. The van der Waals surface area contributed by atoms with Crippen molar-refractivity contribution in [2.45, 2.75) is 89.9 Å². The molecule has 12 rings (SSSR count). The average molecular weight is 1180 g/mol. The second-order valence-corrected chi connectivity index (χ2v) is 22.9. The first kappa shape index (κ1) is 58.3. The summed E-state index contributed by atoms with van der Waals surface area (Å²) in [5.41, 5.74) is 15.6. The summed E-state index contributed by atoms with van der Waals surface area (Å²) in [6, 6.07) is 36.6. The third-order valence-corrected chi connectivity index (χ3v) is 15.6. The quantitative estimate of drug-likeness (QED) is 0.0866. The van der Waals surface area contributed by atoms with E-state index in [1.54, 1.807) is 36.4 Å². The summed E-state index contributed by atoms with van der Waals surface area (Å²) in [4.78, 5) is 36.3. The number of hydrogen-bond donors (Lipinski definition) is 5. The first-order valence-corrected chi connectivity index (χ1v) is 26.8. The Morgan fingerprint density at radius 2 is 1.04 bits per heavy atom. The van der Waals surface area contributed by atoms with Crippen molar-refractivity contribution in [3.63, 3.8) is 0 Å². The van der Waals surface area contributed by atoms with E-state index in [0.717, 1.165) is 72.6 Å². The van der Waals surface area contributed by atoms with Crippen molar-refractivity contribution in [2.75, 3.05) is 0 Å². The van der Waals surface area contributed by atoms with Crippen LogP contribution >= 0.6 is 58.8 Å². The van der Waals surface area contributed by atoms with Gasteiger partial charge in [0.2, 0.25) is 0 Å². The topological polar surface area (TPSA) is 203 Å². The van der Waals surface area contributed by atoms with Gasteiger partial charge in [0.15, 0.2) is 11.2 Å². The molecule has 1 amide bonds. The van der Waals surface area contributed by atoms with E-state index in [0.29, 0.717) is 57.1 Å². The zero-order valence-corrected chi connectivity index (χ0v) is 48.1. The molecule has 2 atom stereocenters. The first-order chi connectivity index (χ1) is 37.5. The van der Waals surface area contributed by atoms with E-state index in [4.69, 9.17) is 71.1 Å². The highest BCUT2D eigenvalue weighted by Crippen LogP contribution is 2.41. The summed E-state index contributed by atoms with van der Waals surface area (Å²) < 4.78 is 14.8. The summed E-state index contributed by atoms with van der Waals surface area (Å²) in [6.45, 7) is 12.5. The minimum atomic E-state index is -0.969. The molecule has 8 heterocycles. The van der Waals surface area contributed by atoms with Gasteiger partial charge in [-0.15, -0.1) is 12.4 Å². The van der Waals surface area contributed by atoms with Crippen LogP contribution in [0.1, 0.15) is 120 Å². The predicted molar refractivity (Wildman–Crippen MR) is 316 cm³/mol. The highest BCUT2D eigenvalue weighted by Gasteiger charge is 2.43. The highest BCUT2D eigenvalue weighted by atomic mass is 35.5. The standard InChI is InChI=1S/C29H26BCl2N3O4.C19H14Cl2N2O3.C10H14BNO2.ClH/c1-28(2)22-11-17(6-8-23(22)30(37)38-28)16-33-27(36)21-7-9-26(35-10-4-5-25(21)35)24-15-29(3,39-34-24)18-12-19(31)14-20(32)13-18;1-19(11-7-12(20)9-13(21)8-11)10-15(22-26-19)17-5-4-14(18(24)25)16-3-2-6-23(16)17;1-10(2)8-5-7(6-12)3-4-9(8)11(13)14-10;/h4-14,37H,15-16H2,1-3H3,(H,33,36);2-9H,10H2,1H3,(H,24,25);3-5,13H,6,12H2,1-2H3;1H. The third-order valence-electron chi connectivity index (χ3n) is 14.7. The molecule has 8 aromatic rings. The van der Waals surface area contributed by atoms with Crippen LogP contribution in [-0.4, -0.2) is 61.5 Å². The predicted octanol–water partition coefficient (Wildman–Crippen LogP) is 10.7. The molecule has 6 N–H and O–H groups in total. The number of oxime groups is 2. The molecule has 0 saturated heterocycles. The number of amides is 1. The molecule has 4 aliphatic heterocycles. The van der Waals surface area contributed by atoms with E-state index in [1.807, 2.05) is 148 Å². The third kappa shape index (κ3) is 11.5. The maximum Gasteiger partial charge on any atom is 0.492 e. The minimum absolute atomic E-state index is 0. The lowest BCUT2D eigenvalue weighted by Crippen LogP contribution is -2.29. The second kappa shape index (κ2) is 22.5. The van der Waals surface area contributed by atoms with Crippen LogP contribution in [0.15, 0.2) is 144 Å². The van der Waals surface area contributed by atoms with Gasteiger partial charge in [-0.3, -0.25) is 4.79 Å². The van der Waals surface area contributed by atoms with Crippen molar-refractivity contribution in [1.29, 1.82) is 0 Å². The van der Waals surface area contributed by atoms with Crippen LogP contribution in [0.4, 0.5) is 0 Å². The fraction of sp³-hybridized carbons (Fsp3) is 0.241. The fourth-order valence-electron chi connectivity index (χ4n) is 10.5. The molecule has 2 unspecified atom stereocenters. The number of fused-ring (bicyclic) bond motifs is 4. The van der Waals surface area contributed by atoms with Crippen LogP contribution in [0.3, 0.4) is 0 Å². The Morgan fingerprint density at radius 1 is 0.613 bits per heavy atom. The van der Waals surface area contributed by atoms with Gasteiger partial charge in [-0.2, -0.15) is 0 Å². The van der Waals surface area contributed by atoms with E-state index in [9.17, 15) is 24.7 Å². The van der Waals surface area contributed by atoms with Crippen molar-refractivity contribution >= 4 is 118 Å². The number of nitrogens with two attached hydrogens (primary N) is 1. The van der Waals surface area contributed by atoms with Gasteiger partial charge >= 0.3 is 20.2 Å². The summed E-state index contributed by atoms with van der Waals surface area (Å²) >= 11 is 24.7. The molecule has 0 bridgehead atoms. The van der Waals surface area contributed by atoms with Gasteiger partial charge in [-0.05, 0) is 160 Å². The van der Waals surface area contributed by atoms with Crippen molar-refractivity contribution < 1.29 is 43.7 Å². The largest absolute Gasteiger partial charge is 0.492 e. The Kier molecular flexibility index (Phi) is 16.4. The number of aromatic nitrogens is 2. The molecule has 0 saturated carbocycles. The van der Waals surface area contributed by atoms with Gasteiger partial charge < -0.3 is 54.0 Å². The molecule has 4 aliphatic rings. The molecule has 412 valence electrons. The number of carboxylic acid groups (broad SMARTS) is 1. The smallest absolute Gasteiger partial charge is 0.478 e. The number of rotatable bonds is 9. The average Bonchev–Trinajstić information content (AvgIpc) is 4.29. The summed E-state index contributed by atoms with van der Waals surface area (Å²) in [6.07, 6.45) is 4.73. The highest BCUT2D eigenvalue weighted by molar-refractivity contribution is 6.62. The number of pyridine rings is 2. The van der Waals surface area contributed by atoms with Gasteiger partial charge in [0.25, 0.3) is 5.91 Å². The number of hydrogen-bond acceptors (Lipinski definition) is 11. The molecule has 0 aliphatic carbocycles. The second-order valence-electron chi connectivity index (χ2n) is 21.2. The van der Waals surface area contributed by atoms with E-state index >= 15 is 0 Å². The maximum absolute atomic E-state index is 13.3. The molecule has 0 spiro atoms. The van der Waals surface area contributed by atoms with Crippen LogP contribution in [0.25, 0.3) is 11.0 Å². The van der Waals surface area contributed by atoms with E-state index < -0.39 is 42.6 Å². The lowest BCUT2D eigenvalue weighted by molar-refractivity contribution is -0.00755. The number of carbonyl (C=O) groups is 2. The number of carbonyl (C=O) groups excluding carboxylic acids is 1. The summed E-state index contributed by atoms with van der Waals surface area (Å²) in [5.74, 6) is -1.16. The lowest BCUT2D eigenvalue weighted by Gasteiger charge is -2.22. The van der Waals surface area contributed by atoms with Crippen molar-refractivity contribution in [3.05, 3.63) is 210 Å². The van der Waals surface area contributed by atoms with Gasteiger partial charge in [0, 0.05) is 69.5 Å². The number of benzene rings is 4. The van der Waals surface area contributed by atoms with Gasteiger partial charge in [0.1, 0.15) is 11.4 Å². The van der Waals surface area contributed by atoms with E-state index in [-0.39, 0.29) is 23.9 Å². The monoisotopic (exact) mass is 1180 g/mol. The Balaban J connectivity index is 0.000000162. The number of nitrogens with zero attached hydrogens (tertiary/aromatic N) is 4. The van der Waals surface area contributed by atoms with Crippen LogP contribution in [0.2, 0.25) is 20.1 Å². The van der Waals surface area contributed by atoms with Crippen LogP contribution in [0, 0.1) is 0 Å². The number of carboxylic acids is 1. The Bertz CT molecular complexity index is 3770. The van der Waals surface area contributed by atoms with Crippen LogP contribution in [-0.2, 0) is 54.5 Å².